The molecule has 3 N–H and O–H groups in total. The van der Waals surface area contributed by atoms with Gasteiger partial charge in [-0.2, -0.15) is 0 Å². The summed E-state index contributed by atoms with van der Waals surface area (Å²) in [6, 6.07) is 8.69. The molecule has 16 heavy (non-hydrogen) atoms. The number of unbranched alkanes of at least 4 members (excludes halogenated alkanes) is 1. The van der Waals surface area contributed by atoms with Crippen LogP contribution in [0.1, 0.15) is 30.9 Å². The van der Waals surface area contributed by atoms with Gasteiger partial charge in [0.1, 0.15) is 0 Å². The van der Waals surface area contributed by atoms with Gasteiger partial charge in [-0.15, -0.1) is 0 Å². The molecule has 2 nitrogen and oxygen atoms in total. The fourth-order valence-electron chi connectivity index (χ4n) is 1.78. The number of rotatable bonds is 7. The van der Waals surface area contributed by atoms with E-state index < -0.39 is 0 Å². The van der Waals surface area contributed by atoms with Gasteiger partial charge in [-0.05, 0) is 42.9 Å². The minimum atomic E-state index is 0.175. The number of hydrogen-bond acceptors (Lipinski definition) is 2. The van der Waals surface area contributed by atoms with Crippen molar-refractivity contribution in [2.45, 2.75) is 32.6 Å². The highest BCUT2D eigenvalue weighted by atomic mass is 16.3. The van der Waals surface area contributed by atoms with Crippen LogP contribution >= 0.6 is 0 Å². The number of aliphatic hydroxyl groups excluding tert-OH is 1. The van der Waals surface area contributed by atoms with Crippen LogP contribution in [0.2, 0.25) is 0 Å². The summed E-state index contributed by atoms with van der Waals surface area (Å²) in [4.78, 5) is 0. The summed E-state index contributed by atoms with van der Waals surface area (Å²) in [5.41, 5.74) is 8.24. The lowest BCUT2D eigenvalue weighted by molar-refractivity contribution is 0.230. The lowest BCUT2D eigenvalue weighted by Crippen LogP contribution is -2.20. The molecule has 1 unspecified atom stereocenters. The van der Waals surface area contributed by atoms with Crippen molar-refractivity contribution in [3.63, 3.8) is 0 Å². The third-order valence-corrected chi connectivity index (χ3v) is 2.96. The maximum Gasteiger partial charge on any atom is 0.0474 e. The minimum absolute atomic E-state index is 0.175. The Labute approximate surface area is 98.5 Å². The van der Waals surface area contributed by atoms with Gasteiger partial charge in [-0.25, -0.2) is 0 Å². The van der Waals surface area contributed by atoms with E-state index >= 15 is 0 Å². The third kappa shape index (κ3) is 4.33. The number of hydrogen-bond donors (Lipinski definition) is 2. The van der Waals surface area contributed by atoms with Crippen molar-refractivity contribution in [2.24, 2.45) is 11.7 Å². The Morgan fingerprint density at radius 3 is 2.31 bits per heavy atom. The molecule has 1 aromatic carbocycles. The van der Waals surface area contributed by atoms with E-state index in [0.29, 0.717) is 6.54 Å². The first-order valence-corrected chi connectivity index (χ1v) is 6.18. The molecule has 2 heteroatoms. The van der Waals surface area contributed by atoms with Gasteiger partial charge in [0.15, 0.2) is 0 Å². The highest BCUT2D eigenvalue weighted by Crippen LogP contribution is 2.11. The number of aliphatic hydroxyl groups is 1. The maximum atomic E-state index is 9.08. The van der Waals surface area contributed by atoms with E-state index in [0.717, 1.165) is 12.8 Å². The summed E-state index contributed by atoms with van der Waals surface area (Å²) in [5.74, 6) is 0.196. The first kappa shape index (κ1) is 13.2. The molecule has 0 heterocycles. The molecule has 1 aromatic rings. The van der Waals surface area contributed by atoms with Crippen LogP contribution < -0.4 is 5.73 Å². The van der Waals surface area contributed by atoms with Crippen LogP contribution in [0.4, 0.5) is 0 Å². The van der Waals surface area contributed by atoms with Crippen LogP contribution in [0.5, 0.6) is 0 Å². The van der Waals surface area contributed by atoms with Gasteiger partial charge in [0.05, 0.1) is 0 Å². The fourth-order valence-corrected chi connectivity index (χ4v) is 1.78. The van der Waals surface area contributed by atoms with Crippen molar-refractivity contribution in [1.29, 1.82) is 0 Å². The first-order valence-electron chi connectivity index (χ1n) is 6.18. The Hall–Kier alpha value is -0.860. The highest BCUT2D eigenvalue weighted by Gasteiger charge is 2.05. The Bertz CT molecular complexity index is 277. The van der Waals surface area contributed by atoms with Crippen LogP contribution in [0.25, 0.3) is 0 Å². The molecule has 1 atom stereocenters. The molecule has 0 aliphatic heterocycles. The second kappa shape index (κ2) is 7.42. The van der Waals surface area contributed by atoms with E-state index in [-0.39, 0.29) is 12.5 Å². The average molecular weight is 221 g/mol. The lowest BCUT2D eigenvalue weighted by atomic mass is 9.98. The van der Waals surface area contributed by atoms with Gasteiger partial charge in [-0.1, -0.05) is 37.6 Å². The van der Waals surface area contributed by atoms with Crippen LogP contribution in [0.15, 0.2) is 24.3 Å². The zero-order valence-electron chi connectivity index (χ0n) is 10.2. The average Bonchev–Trinajstić information content (AvgIpc) is 2.35. The standard InChI is InChI=1S/C14H23NO/c1-2-3-4-12-5-7-13(8-6-12)9-14(10-15)11-16/h5-8,14,16H,2-4,9-11,15H2,1H3. The predicted molar refractivity (Wildman–Crippen MR) is 68.4 cm³/mol. The largest absolute Gasteiger partial charge is 0.396 e. The zero-order valence-corrected chi connectivity index (χ0v) is 10.2. The monoisotopic (exact) mass is 221 g/mol. The summed E-state index contributed by atoms with van der Waals surface area (Å²) in [7, 11) is 0. The van der Waals surface area contributed by atoms with Crippen LogP contribution in [-0.4, -0.2) is 18.3 Å². The number of aryl methyl sites for hydroxylation is 1. The number of nitrogens with two attached hydrogens (primary N) is 1. The molecular formula is C14H23NO. The Morgan fingerprint density at radius 2 is 1.81 bits per heavy atom. The van der Waals surface area contributed by atoms with Gasteiger partial charge in [-0.3, -0.25) is 0 Å². The molecule has 0 spiro atoms. The molecule has 0 radical (unpaired) electrons. The van der Waals surface area contributed by atoms with Gasteiger partial charge >= 0.3 is 0 Å². The van der Waals surface area contributed by atoms with Gasteiger partial charge < -0.3 is 10.8 Å². The molecule has 90 valence electrons. The molecular weight excluding hydrogens is 198 g/mol. The van der Waals surface area contributed by atoms with Gasteiger partial charge in [0, 0.05) is 6.61 Å². The number of benzene rings is 1. The molecule has 0 fully saturated rings. The molecule has 0 aromatic heterocycles. The van der Waals surface area contributed by atoms with Crippen molar-refractivity contribution in [2.75, 3.05) is 13.2 Å². The van der Waals surface area contributed by atoms with Crippen molar-refractivity contribution in [3.8, 4) is 0 Å². The van der Waals surface area contributed by atoms with E-state index in [1.165, 1.54) is 24.0 Å². The zero-order chi connectivity index (χ0) is 11.8. The topological polar surface area (TPSA) is 46.2 Å². The quantitative estimate of drug-likeness (QED) is 0.741. The summed E-state index contributed by atoms with van der Waals surface area (Å²) >= 11 is 0. The second-order valence-electron chi connectivity index (χ2n) is 4.41. The molecule has 0 aliphatic rings. The summed E-state index contributed by atoms with van der Waals surface area (Å²) in [6.07, 6.45) is 4.53. The van der Waals surface area contributed by atoms with Crippen molar-refractivity contribution in [3.05, 3.63) is 35.4 Å². The minimum Gasteiger partial charge on any atom is -0.396 e. The Balaban J connectivity index is 2.50. The molecule has 1 rings (SSSR count). The first-order chi connectivity index (χ1) is 7.80. The van der Waals surface area contributed by atoms with E-state index in [2.05, 4.69) is 31.2 Å². The van der Waals surface area contributed by atoms with Gasteiger partial charge in [0.2, 0.25) is 0 Å². The fraction of sp³-hybridized carbons (Fsp3) is 0.571. The summed E-state index contributed by atoms with van der Waals surface area (Å²) < 4.78 is 0. The smallest absolute Gasteiger partial charge is 0.0474 e. The normalized spacial score (nSPS) is 12.7. The highest BCUT2D eigenvalue weighted by molar-refractivity contribution is 5.23. The maximum absolute atomic E-state index is 9.08. The second-order valence-corrected chi connectivity index (χ2v) is 4.41. The van der Waals surface area contributed by atoms with Crippen molar-refractivity contribution in [1.82, 2.24) is 0 Å². The van der Waals surface area contributed by atoms with E-state index in [1.807, 2.05) is 0 Å². The molecule has 0 saturated carbocycles. The molecule has 0 amide bonds. The predicted octanol–water partition coefficient (Wildman–Crippen LogP) is 2.14. The van der Waals surface area contributed by atoms with Crippen molar-refractivity contribution >= 4 is 0 Å². The molecule has 0 bridgehead atoms. The SMILES string of the molecule is CCCCc1ccc(CC(CN)CO)cc1. The van der Waals surface area contributed by atoms with Crippen molar-refractivity contribution < 1.29 is 5.11 Å². The summed E-state index contributed by atoms with van der Waals surface area (Å²) in [6.45, 7) is 2.93. The molecule has 0 aliphatic carbocycles. The van der Waals surface area contributed by atoms with E-state index in [9.17, 15) is 0 Å². The van der Waals surface area contributed by atoms with Crippen LogP contribution in [-0.2, 0) is 12.8 Å². The lowest BCUT2D eigenvalue weighted by Gasteiger charge is -2.11. The van der Waals surface area contributed by atoms with Gasteiger partial charge in [0.25, 0.3) is 0 Å². The van der Waals surface area contributed by atoms with E-state index in [4.69, 9.17) is 10.8 Å². The van der Waals surface area contributed by atoms with E-state index in [1.54, 1.807) is 0 Å². The summed E-state index contributed by atoms with van der Waals surface area (Å²) in [5, 5.41) is 9.08. The van der Waals surface area contributed by atoms with Crippen LogP contribution in [0, 0.1) is 5.92 Å². The van der Waals surface area contributed by atoms with Crippen LogP contribution in [0.3, 0.4) is 0 Å². The Kier molecular flexibility index (Phi) is 6.12. The Morgan fingerprint density at radius 1 is 1.19 bits per heavy atom. The third-order valence-electron chi connectivity index (χ3n) is 2.96. The molecule has 0 saturated heterocycles.